The molecule has 0 aliphatic rings. The maximum Gasteiger partial charge on any atom is 0.131 e. The van der Waals surface area contributed by atoms with E-state index in [1.807, 2.05) is 26.0 Å². The molecule has 2 N–H and O–H groups in total. The van der Waals surface area contributed by atoms with Crippen molar-refractivity contribution in [2.45, 2.75) is 13.8 Å². The van der Waals surface area contributed by atoms with Crippen molar-refractivity contribution < 1.29 is 4.74 Å². The molecule has 1 heterocycles. The monoisotopic (exact) mass is 292 g/mol. The molecule has 0 saturated heterocycles. The first-order valence-electron chi connectivity index (χ1n) is 5.68. The Hall–Kier alpha value is -1.65. The van der Waals surface area contributed by atoms with Gasteiger partial charge in [-0.1, -0.05) is 23.8 Å². The maximum absolute atomic E-state index is 6.12. The van der Waals surface area contributed by atoms with Crippen LogP contribution in [-0.2, 0) is 0 Å². The lowest BCUT2D eigenvalue weighted by molar-refractivity contribution is 0.481. The van der Waals surface area contributed by atoms with E-state index in [1.54, 1.807) is 18.3 Å². The SMILES string of the molecule is Cc1cc(Oc2ccnc(C(N)=S)c2)cc(C)c1Cl. The molecule has 0 saturated carbocycles. The van der Waals surface area contributed by atoms with Crippen molar-refractivity contribution in [2.24, 2.45) is 5.73 Å². The molecule has 0 aliphatic carbocycles. The molecule has 2 rings (SSSR count). The molecular formula is C14H13ClN2OS. The minimum atomic E-state index is 0.244. The molecule has 3 nitrogen and oxygen atoms in total. The highest BCUT2D eigenvalue weighted by molar-refractivity contribution is 7.80. The van der Waals surface area contributed by atoms with E-state index < -0.39 is 0 Å². The molecule has 1 aromatic carbocycles. The van der Waals surface area contributed by atoms with E-state index in [0.29, 0.717) is 11.4 Å². The van der Waals surface area contributed by atoms with Crippen molar-refractivity contribution in [1.82, 2.24) is 4.98 Å². The summed E-state index contributed by atoms with van der Waals surface area (Å²) in [6.07, 6.45) is 1.61. The number of pyridine rings is 1. The Balaban J connectivity index is 2.31. The van der Waals surface area contributed by atoms with Crippen LogP contribution in [0.15, 0.2) is 30.5 Å². The van der Waals surface area contributed by atoms with E-state index in [2.05, 4.69) is 4.98 Å². The highest BCUT2D eigenvalue weighted by Crippen LogP contribution is 2.29. The summed E-state index contributed by atoms with van der Waals surface area (Å²) in [7, 11) is 0. The Bertz CT molecular complexity index is 620. The quantitative estimate of drug-likeness (QED) is 0.875. The molecule has 0 aliphatic heterocycles. The lowest BCUT2D eigenvalue weighted by Crippen LogP contribution is -2.11. The number of aromatic nitrogens is 1. The average Bonchev–Trinajstić information content (AvgIpc) is 2.36. The van der Waals surface area contributed by atoms with Gasteiger partial charge in [0.25, 0.3) is 0 Å². The van der Waals surface area contributed by atoms with Crippen molar-refractivity contribution in [3.63, 3.8) is 0 Å². The van der Waals surface area contributed by atoms with Crippen molar-refractivity contribution in [3.8, 4) is 11.5 Å². The van der Waals surface area contributed by atoms with Gasteiger partial charge in [0.15, 0.2) is 0 Å². The number of rotatable bonds is 3. The molecule has 5 heteroatoms. The number of benzene rings is 1. The van der Waals surface area contributed by atoms with Crippen LogP contribution in [0.25, 0.3) is 0 Å². The topological polar surface area (TPSA) is 48.1 Å². The smallest absolute Gasteiger partial charge is 0.131 e. The second-order valence-electron chi connectivity index (χ2n) is 4.21. The van der Waals surface area contributed by atoms with E-state index in [4.69, 9.17) is 34.3 Å². The Morgan fingerprint density at radius 3 is 2.42 bits per heavy atom. The van der Waals surface area contributed by atoms with Crippen LogP contribution in [0.2, 0.25) is 5.02 Å². The van der Waals surface area contributed by atoms with E-state index >= 15 is 0 Å². The molecular weight excluding hydrogens is 280 g/mol. The standard InChI is InChI=1S/C14H13ClN2OS/c1-8-5-11(6-9(2)13(8)15)18-10-3-4-17-12(7-10)14(16)19/h3-7H,1-2H3,(H2,16,19). The number of hydrogen-bond acceptors (Lipinski definition) is 3. The molecule has 0 bridgehead atoms. The fourth-order valence-corrected chi connectivity index (χ4v) is 1.93. The molecule has 0 atom stereocenters. The Morgan fingerprint density at radius 1 is 1.21 bits per heavy atom. The maximum atomic E-state index is 6.12. The van der Waals surface area contributed by atoms with Gasteiger partial charge in [0.05, 0.1) is 0 Å². The summed E-state index contributed by atoms with van der Waals surface area (Å²) in [6, 6.07) is 7.23. The summed E-state index contributed by atoms with van der Waals surface area (Å²) in [4.78, 5) is 4.31. The molecule has 0 radical (unpaired) electrons. The van der Waals surface area contributed by atoms with Gasteiger partial charge in [0, 0.05) is 17.3 Å². The Kier molecular flexibility index (Phi) is 4.02. The molecule has 19 heavy (non-hydrogen) atoms. The summed E-state index contributed by atoms with van der Waals surface area (Å²) < 4.78 is 5.77. The summed E-state index contributed by atoms with van der Waals surface area (Å²) in [5, 5.41) is 0.755. The molecule has 0 amide bonds. The summed E-state index contributed by atoms with van der Waals surface area (Å²) >= 11 is 11.0. The first-order chi connectivity index (χ1) is 8.97. The fourth-order valence-electron chi connectivity index (χ4n) is 1.71. The minimum absolute atomic E-state index is 0.244. The van der Waals surface area contributed by atoms with Crippen molar-refractivity contribution in [3.05, 3.63) is 52.3 Å². The van der Waals surface area contributed by atoms with E-state index in [0.717, 1.165) is 21.9 Å². The zero-order chi connectivity index (χ0) is 14.0. The van der Waals surface area contributed by atoms with Crippen LogP contribution in [-0.4, -0.2) is 9.97 Å². The van der Waals surface area contributed by atoms with Gasteiger partial charge < -0.3 is 10.5 Å². The lowest BCUT2D eigenvalue weighted by Gasteiger charge is -2.10. The number of halogens is 1. The van der Waals surface area contributed by atoms with Gasteiger partial charge in [-0.3, -0.25) is 4.98 Å². The highest BCUT2D eigenvalue weighted by atomic mass is 35.5. The average molecular weight is 293 g/mol. The molecule has 2 aromatic rings. The number of aryl methyl sites for hydroxylation is 2. The lowest BCUT2D eigenvalue weighted by atomic mass is 10.1. The number of thiocarbonyl (C=S) groups is 1. The third-order valence-electron chi connectivity index (χ3n) is 2.63. The molecule has 98 valence electrons. The van der Waals surface area contributed by atoms with Crippen LogP contribution in [0.3, 0.4) is 0 Å². The zero-order valence-corrected chi connectivity index (χ0v) is 12.2. The van der Waals surface area contributed by atoms with E-state index in [9.17, 15) is 0 Å². The van der Waals surface area contributed by atoms with Gasteiger partial charge in [0.1, 0.15) is 22.2 Å². The van der Waals surface area contributed by atoms with Crippen LogP contribution in [0.5, 0.6) is 11.5 Å². The summed E-state index contributed by atoms with van der Waals surface area (Å²) in [5.74, 6) is 1.36. The van der Waals surface area contributed by atoms with Crippen molar-refractivity contribution in [2.75, 3.05) is 0 Å². The fraction of sp³-hybridized carbons (Fsp3) is 0.143. The Morgan fingerprint density at radius 2 is 1.84 bits per heavy atom. The molecule has 0 unspecified atom stereocenters. The Labute approximate surface area is 122 Å². The van der Waals surface area contributed by atoms with E-state index in [1.165, 1.54) is 0 Å². The predicted octanol–water partition coefficient (Wildman–Crippen LogP) is 3.78. The first-order valence-corrected chi connectivity index (χ1v) is 6.46. The van der Waals surface area contributed by atoms with Crippen LogP contribution in [0.1, 0.15) is 16.8 Å². The van der Waals surface area contributed by atoms with E-state index in [-0.39, 0.29) is 4.99 Å². The number of nitrogens with two attached hydrogens (primary N) is 1. The normalized spacial score (nSPS) is 10.3. The summed E-state index contributed by atoms with van der Waals surface area (Å²) in [6.45, 7) is 3.88. The van der Waals surface area contributed by atoms with Gasteiger partial charge in [-0.15, -0.1) is 0 Å². The molecule has 1 aromatic heterocycles. The third-order valence-corrected chi connectivity index (χ3v) is 3.43. The predicted molar refractivity (Wildman–Crippen MR) is 81.1 cm³/mol. The van der Waals surface area contributed by atoms with Gasteiger partial charge in [-0.05, 0) is 43.2 Å². The largest absolute Gasteiger partial charge is 0.457 e. The van der Waals surface area contributed by atoms with Crippen LogP contribution in [0, 0.1) is 13.8 Å². The van der Waals surface area contributed by atoms with Crippen LogP contribution in [0.4, 0.5) is 0 Å². The first kappa shape index (κ1) is 13.8. The van der Waals surface area contributed by atoms with Crippen LogP contribution >= 0.6 is 23.8 Å². The number of nitrogens with zero attached hydrogens (tertiary/aromatic N) is 1. The third kappa shape index (κ3) is 3.22. The van der Waals surface area contributed by atoms with Crippen molar-refractivity contribution >= 4 is 28.8 Å². The van der Waals surface area contributed by atoms with Gasteiger partial charge >= 0.3 is 0 Å². The van der Waals surface area contributed by atoms with Gasteiger partial charge in [-0.2, -0.15) is 0 Å². The number of ether oxygens (including phenoxy) is 1. The van der Waals surface area contributed by atoms with Crippen molar-refractivity contribution in [1.29, 1.82) is 0 Å². The van der Waals surface area contributed by atoms with Crippen LogP contribution < -0.4 is 10.5 Å². The number of hydrogen-bond donors (Lipinski definition) is 1. The molecule has 0 spiro atoms. The zero-order valence-electron chi connectivity index (χ0n) is 10.6. The second-order valence-corrected chi connectivity index (χ2v) is 5.03. The molecule has 0 fully saturated rings. The second kappa shape index (κ2) is 5.55. The minimum Gasteiger partial charge on any atom is -0.457 e. The highest BCUT2D eigenvalue weighted by Gasteiger charge is 2.06. The summed E-state index contributed by atoms with van der Waals surface area (Å²) in [5.41, 5.74) is 8.02. The van der Waals surface area contributed by atoms with Gasteiger partial charge in [-0.25, -0.2) is 0 Å². The van der Waals surface area contributed by atoms with Gasteiger partial charge in [0.2, 0.25) is 0 Å².